The number of hydrogen-bond donors (Lipinski definition) is 2. The number of carbonyl (C=O) groups excluding carboxylic acids is 1. The van der Waals surface area contributed by atoms with Crippen LogP contribution in [-0.4, -0.2) is 22.9 Å². The molecule has 0 saturated carbocycles. The topological polar surface area (TPSA) is 62.1 Å². The fourth-order valence-electron chi connectivity index (χ4n) is 0.768. The molecule has 0 radical (unpaired) electrons. The minimum absolute atomic E-state index is 0.0930. The first-order valence-electron chi connectivity index (χ1n) is 3.33. The van der Waals surface area contributed by atoms with Crippen molar-refractivity contribution in [3.8, 4) is 0 Å². The minimum atomic E-state index is -0.0930. The molecular formula is C7H11N3O. The molecule has 1 rings (SSSR count). The monoisotopic (exact) mass is 153 g/mol. The van der Waals surface area contributed by atoms with Gasteiger partial charge in [0.15, 0.2) is 0 Å². The number of rotatable bonds is 2. The molecule has 11 heavy (non-hydrogen) atoms. The van der Waals surface area contributed by atoms with E-state index in [1.807, 2.05) is 6.07 Å². The number of nitrogens with one attached hydrogen (secondary N) is 1. The number of H-pyrrole nitrogens is 1. The Labute approximate surface area is 65.0 Å². The third kappa shape index (κ3) is 2.09. The fourth-order valence-corrected chi connectivity index (χ4v) is 0.768. The standard InChI is InChI=1S/C7H11N3O/c1-10(8)7(11)4-6-2-3-9-5-6/h2-3,5,9H,4,8H2,1H3. The summed E-state index contributed by atoms with van der Waals surface area (Å²) in [4.78, 5) is 13.9. The molecule has 0 unspecified atom stereocenters. The second-order valence-electron chi connectivity index (χ2n) is 2.40. The van der Waals surface area contributed by atoms with Crippen LogP contribution in [0.25, 0.3) is 0 Å². The molecule has 3 N–H and O–H groups in total. The number of likely N-dealkylation sites (N-methyl/N-ethyl adjacent to an activating group) is 1. The lowest BCUT2D eigenvalue weighted by molar-refractivity contribution is -0.129. The molecule has 1 heterocycles. The van der Waals surface area contributed by atoms with Gasteiger partial charge in [-0.3, -0.25) is 9.80 Å². The normalized spacial score (nSPS) is 9.64. The lowest BCUT2D eigenvalue weighted by Crippen LogP contribution is -2.34. The maximum atomic E-state index is 11.0. The summed E-state index contributed by atoms with van der Waals surface area (Å²) in [6, 6.07) is 1.85. The van der Waals surface area contributed by atoms with Crippen LogP contribution in [-0.2, 0) is 11.2 Å². The quantitative estimate of drug-likeness (QED) is 0.354. The van der Waals surface area contributed by atoms with Crippen LogP contribution < -0.4 is 5.84 Å². The Hall–Kier alpha value is -1.29. The van der Waals surface area contributed by atoms with Gasteiger partial charge in [0, 0.05) is 19.4 Å². The van der Waals surface area contributed by atoms with Crippen molar-refractivity contribution in [2.24, 2.45) is 5.84 Å². The number of hydrazine groups is 1. The number of carbonyl (C=O) groups is 1. The van der Waals surface area contributed by atoms with Gasteiger partial charge in [0.2, 0.25) is 5.91 Å². The molecule has 0 aliphatic rings. The van der Waals surface area contributed by atoms with Gasteiger partial charge in [-0.05, 0) is 11.6 Å². The first-order valence-corrected chi connectivity index (χ1v) is 3.33. The summed E-state index contributed by atoms with van der Waals surface area (Å²) in [5, 5.41) is 1.09. The van der Waals surface area contributed by atoms with Gasteiger partial charge in [-0.1, -0.05) is 0 Å². The van der Waals surface area contributed by atoms with Crippen molar-refractivity contribution in [2.75, 3.05) is 7.05 Å². The first-order chi connectivity index (χ1) is 5.20. The van der Waals surface area contributed by atoms with Gasteiger partial charge >= 0.3 is 0 Å². The molecule has 0 aliphatic carbocycles. The number of aromatic nitrogens is 1. The highest BCUT2D eigenvalue weighted by Crippen LogP contribution is 1.98. The van der Waals surface area contributed by atoms with Crippen molar-refractivity contribution in [3.63, 3.8) is 0 Å². The highest BCUT2D eigenvalue weighted by atomic mass is 16.2. The Kier molecular flexibility index (Phi) is 2.28. The molecule has 0 aliphatic heterocycles. The Morgan fingerprint density at radius 3 is 3.00 bits per heavy atom. The van der Waals surface area contributed by atoms with E-state index in [0.29, 0.717) is 6.42 Å². The second kappa shape index (κ2) is 3.21. The van der Waals surface area contributed by atoms with Gasteiger partial charge < -0.3 is 4.98 Å². The van der Waals surface area contributed by atoms with E-state index in [4.69, 9.17) is 5.84 Å². The highest BCUT2D eigenvalue weighted by Gasteiger charge is 2.04. The SMILES string of the molecule is CN(N)C(=O)Cc1cc[nH]c1. The van der Waals surface area contributed by atoms with Crippen LogP contribution in [0.1, 0.15) is 5.56 Å². The number of nitrogens with two attached hydrogens (primary N) is 1. The molecule has 0 atom stereocenters. The average molecular weight is 153 g/mol. The van der Waals surface area contributed by atoms with Crippen molar-refractivity contribution >= 4 is 5.91 Å². The molecule has 60 valence electrons. The maximum absolute atomic E-state index is 11.0. The Morgan fingerprint density at radius 1 is 1.82 bits per heavy atom. The molecular weight excluding hydrogens is 142 g/mol. The van der Waals surface area contributed by atoms with Crippen LogP contribution in [0, 0.1) is 0 Å². The van der Waals surface area contributed by atoms with E-state index < -0.39 is 0 Å². The van der Waals surface area contributed by atoms with E-state index >= 15 is 0 Å². The van der Waals surface area contributed by atoms with E-state index in [0.717, 1.165) is 10.6 Å². The zero-order valence-electron chi connectivity index (χ0n) is 6.37. The van der Waals surface area contributed by atoms with Gasteiger partial charge in [-0.2, -0.15) is 0 Å². The van der Waals surface area contributed by atoms with E-state index in [-0.39, 0.29) is 5.91 Å². The zero-order valence-corrected chi connectivity index (χ0v) is 6.37. The summed E-state index contributed by atoms with van der Waals surface area (Å²) in [5.41, 5.74) is 0.951. The van der Waals surface area contributed by atoms with E-state index in [2.05, 4.69) is 4.98 Å². The molecule has 1 aromatic rings. The van der Waals surface area contributed by atoms with Crippen LogP contribution in [0.3, 0.4) is 0 Å². The molecule has 0 spiro atoms. The predicted octanol–water partition coefficient (Wildman–Crippen LogP) is -0.111. The third-order valence-corrected chi connectivity index (χ3v) is 1.41. The molecule has 0 aromatic carbocycles. The van der Waals surface area contributed by atoms with Crippen molar-refractivity contribution in [1.82, 2.24) is 9.99 Å². The van der Waals surface area contributed by atoms with Gasteiger partial charge in [-0.25, -0.2) is 5.84 Å². The largest absolute Gasteiger partial charge is 0.367 e. The van der Waals surface area contributed by atoms with Crippen LogP contribution in [0.4, 0.5) is 0 Å². The summed E-state index contributed by atoms with van der Waals surface area (Å²) < 4.78 is 0. The van der Waals surface area contributed by atoms with Gasteiger partial charge in [0.05, 0.1) is 6.42 Å². The van der Waals surface area contributed by atoms with Crippen LogP contribution in [0.5, 0.6) is 0 Å². The molecule has 4 nitrogen and oxygen atoms in total. The summed E-state index contributed by atoms with van der Waals surface area (Å²) in [6.07, 6.45) is 3.91. The maximum Gasteiger partial charge on any atom is 0.240 e. The third-order valence-electron chi connectivity index (χ3n) is 1.41. The van der Waals surface area contributed by atoms with Gasteiger partial charge in [0.1, 0.15) is 0 Å². The Bertz CT molecular complexity index is 228. The smallest absolute Gasteiger partial charge is 0.240 e. The Balaban J connectivity index is 2.50. The van der Waals surface area contributed by atoms with E-state index in [9.17, 15) is 4.79 Å². The van der Waals surface area contributed by atoms with Crippen molar-refractivity contribution in [1.29, 1.82) is 0 Å². The van der Waals surface area contributed by atoms with Crippen LogP contribution in [0.15, 0.2) is 18.5 Å². The van der Waals surface area contributed by atoms with Crippen molar-refractivity contribution in [3.05, 3.63) is 24.0 Å². The van der Waals surface area contributed by atoms with Crippen LogP contribution >= 0.6 is 0 Å². The highest BCUT2D eigenvalue weighted by molar-refractivity contribution is 5.77. The Morgan fingerprint density at radius 2 is 2.55 bits per heavy atom. The summed E-state index contributed by atoms with van der Waals surface area (Å²) in [6.45, 7) is 0. The molecule has 0 saturated heterocycles. The second-order valence-corrected chi connectivity index (χ2v) is 2.40. The van der Waals surface area contributed by atoms with Crippen LogP contribution in [0.2, 0.25) is 0 Å². The molecule has 1 amide bonds. The van der Waals surface area contributed by atoms with E-state index in [1.54, 1.807) is 12.4 Å². The summed E-state index contributed by atoms with van der Waals surface area (Å²) >= 11 is 0. The number of aromatic amines is 1. The van der Waals surface area contributed by atoms with Crippen molar-refractivity contribution < 1.29 is 4.79 Å². The molecule has 1 aromatic heterocycles. The number of hydrogen-bond acceptors (Lipinski definition) is 2. The number of amides is 1. The minimum Gasteiger partial charge on any atom is -0.367 e. The van der Waals surface area contributed by atoms with Gasteiger partial charge in [-0.15, -0.1) is 0 Å². The molecule has 0 fully saturated rings. The number of nitrogens with zero attached hydrogens (tertiary/aromatic N) is 1. The lowest BCUT2D eigenvalue weighted by Gasteiger charge is -2.07. The average Bonchev–Trinajstić information content (AvgIpc) is 2.39. The first kappa shape index (κ1) is 7.81. The van der Waals surface area contributed by atoms with Gasteiger partial charge in [0.25, 0.3) is 0 Å². The predicted molar refractivity (Wildman–Crippen MR) is 41.5 cm³/mol. The van der Waals surface area contributed by atoms with Crippen molar-refractivity contribution in [2.45, 2.75) is 6.42 Å². The molecule has 4 heteroatoms. The zero-order chi connectivity index (χ0) is 8.27. The molecule has 0 bridgehead atoms. The summed E-state index contributed by atoms with van der Waals surface area (Å²) in [7, 11) is 1.54. The fraction of sp³-hybridized carbons (Fsp3) is 0.286. The summed E-state index contributed by atoms with van der Waals surface area (Å²) in [5.74, 6) is 5.13. The van der Waals surface area contributed by atoms with E-state index in [1.165, 1.54) is 7.05 Å². The lowest BCUT2D eigenvalue weighted by atomic mass is 10.2.